The molecule has 0 aliphatic rings. The maximum Gasteiger partial charge on any atom is 0.337 e. The van der Waals surface area contributed by atoms with Gasteiger partial charge in [-0.15, -0.1) is 0 Å². The number of carbonyl (C=O) groups is 2. The second kappa shape index (κ2) is 9.01. The lowest BCUT2D eigenvalue weighted by Crippen LogP contribution is -2.12. The summed E-state index contributed by atoms with van der Waals surface area (Å²) in [6, 6.07) is 18.1. The predicted molar refractivity (Wildman–Crippen MR) is 114 cm³/mol. The summed E-state index contributed by atoms with van der Waals surface area (Å²) in [5.74, 6) is 0.345. The first kappa shape index (κ1) is 20.1. The zero-order valence-corrected chi connectivity index (χ0v) is 16.6. The first-order valence-electron chi connectivity index (χ1n) is 9.29. The van der Waals surface area contributed by atoms with E-state index in [0.717, 1.165) is 5.69 Å². The SMILES string of the molecule is COC(=O)c1ccc(NC(=O)c2ccc(Nc3ccccc3C(C)C)nc2)cc1. The normalized spacial score (nSPS) is 10.5. The molecule has 0 radical (unpaired) electrons. The Morgan fingerprint density at radius 1 is 0.931 bits per heavy atom. The predicted octanol–water partition coefficient (Wildman–Crippen LogP) is 4.99. The van der Waals surface area contributed by atoms with Crippen molar-refractivity contribution in [1.29, 1.82) is 0 Å². The van der Waals surface area contributed by atoms with Crippen molar-refractivity contribution < 1.29 is 14.3 Å². The average molecular weight is 389 g/mol. The first-order chi connectivity index (χ1) is 14.0. The Balaban J connectivity index is 1.67. The fourth-order valence-corrected chi connectivity index (χ4v) is 2.87. The Bertz CT molecular complexity index is 997. The molecule has 3 rings (SSSR count). The molecule has 2 aromatic carbocycles. The number of pyridine rings is 1. The maximum absolute atomic E-state index is 12.4. The van der Waals surface area contributed by atoms with Crippen LogP contribution in [0.1, 0.15) is 46.0 Å². The number of ether oxygens (including phenoxy) is 1. The minimum absolute atomic E-state index is 0.280. The van der Waals surface area contributed by atoms with Crippen LogP contribution in [0.2, 0.25) is 0 Å². The molecule has 0 fully saturated rings. The maximum atomic E-state index is 12.4. The standard InChI is InChI=1S/C23H23N3O3/c1-15(2)19-6-4-5-7-20(19)26-21-13-10-17(14-24-21)22(27)25-18-11-8-16(9-12-18)23(28)29-3/h4-15H,1-3H3,(H,24,26)(H,25,27). The molecular weight excluding hydrogens is 366 g/mol. The molecule has 0 unspecified atom stereocenters. The Morgan fingerprint density at radius 3 is 2.24 bits per heavy atom. The molecule has 0 bridgehead atoms. The number of esters is 1. The molecule has 0 aliphatic carbocycles. The zero-order valence-electron chi connectivity index (χ0n) is 16.6. The summed E-state index contributed by atoms with van der Waals surface area (Å²) < 4.78 is 4.66. The molecule has 0 aliphatic heterocycles. The van der Waals surface area contributed by atoms with Crippen molar-refractivity contribution in [1.82, 2.24) is 4.98 Å². The number of nitrogens with zero attached hydrogens (tertiary/aromatic N) is 1. The van der Waals surface area contributed by atoms with Crippen molar-refractivity contribution >= 4 is 29.1 Å². The summed E-state index contributed by atoms with van der Waals surface area (Å²) >= 11 is 0. The highest BCUT2D eigenvalue weighted by Crippen LogP contribution is 2.26. The van der Waals surface area contributed by atoms with Crippen LogP contribution in [0.3, 0.4) is 0 Å². The van der Waals surface area contributed by atoms with E-state index in [9.17, 15) is 9.59 Å². The van der Waals surface area contributed by atoms with Crippen LogP contribution in [0.4, 0.5) is 17.2 Å². The minimum Gasteiger partial charge on any atom is -0.465 e. The molecule has 1 amide bonds. The van der Waals surface area contributed by atoms with Gasteiger partial charge in [0.05, 0.1) is 18.2 Å². The highest BCUT2D eigenvalue weighted by molar-refractivity contribution is 6.04. The fourth-order valence-electron chi connectivity index (χ4n) is 2.87. The number of anilines is 3. The molecule has 0 saturated heterocycles. The molecule has 2 N–H and O–H groups in total. The van der Waals surface area contributed by atoms with Gasteiger partial charge in [-0.25, -0.2) is 9.78 Å². The molecular formula is C23H23N3O3. The van der Waals surface area contributed by atoms with E-state index in [1.807, 2.05) is 18.2 Å². The van der Waals surface area contributed by atoms with E-state index in [1.165, 1.54) is 18.9 Å². The van der Waals surface area contributed by atoms with Crippen LogP contribution in [0.15, 0.2) is 66.9 Å². The Kier molecular flexibility index (Phi) is 6.24. The van der Waals surface area contributed by atoms with Gasteiger partial charge in [0.1, 0.15) is 5.82 Å². The molecule has 0 saturated carbocycles. The number of benzene rings is 2. The van der Waals surface area contributed by atoms with Gasteiger partial charge < -0.3 is 15.4 Å². The molecule has 6 nitrogen and oxygen atoms in total. The van der Waals surface area contributed by atoms with E-state index in [-0.39, 0.29) is 5.91 Å². The van der Waals surface area contributed by atoms with Gasteiger partial charge in [-0.05, 0) is 53.9 Å². The third-order valence-corrected chi connectivity index (χ3v) is 4.44. The molecule has 6 heteroatoms. The van der Waals surface area contributed by atoms with Crippen LogP contribution in [-0.2, 0) is 4.74 Å². The lowest BCUT2D eigenvalue weighted by atomic mass is 10.0. The van der Waals surface area contributed by atoms with E-state index in [4.69, 9.17) is 0 Å². The summed E-state index contributed by atoms with van der Waals surface area (Å²) in [6.45, 7) is 4.28. The van der Waals surface area contributed by atoms with Gasteiger partial charge in [0.15, 0.2) is 0 Å². The van der Waals surface area contributed by atoms with Crippen molar-refractivity contribution in [2.75, 3.05) is 17.7 Å². The van der Waals surface area contributed by atoms with Crippen LogP contribution < -0.4 is 10.6 Å². The Hall–Kier alpha value is -3.67. The van der Waals surface area contributed by atoms with Gasteiger partial charge in [0.25, 0.3) is 5.91 Å². The topological polar surface area (TPSA) is 80.3 Å². The molecule has 148 valence electrons. The molecule has 1 aromatic heterocycles. The number of aromatic nitrogens is 1. The lowest BCUT2D eigenvalue weighted by Gasteiger charge is -2.14. The first-order valence-corrected chi connectivity index (χ1v) is 9.29. The van der Waals surface area contributed by atoms with Crippen molar-refractivity contribution in [3.63, 3.8) is 0 Å². The van der Waals surface area contributed by atoms with Crippen LogP contribution in [0.25, 0.3) is 0 Å². The van der Waals surface area contributed by atoms with Gasteiger partial charge in [-0.2, -0.15) is 0 Å². The summed E-state index contributed by atoms with van der Waals surface area (Å²) in [5.41, 5.74) is 3.63. The lowest BCUT2D eigenvalue weighted by molar-refractivity contribution is 0.0600. The summed E-state index contributed by atoms with van der Waals surface area (Å²) in [6.07, 6.45) is 1.53. The van der Waals surface area contributed by atoms with Crippen molar-refractivity contribution in [3.05, 3.63) is 83.6 Å². The summed E-state index contributed by atoms with van der Waals surface area (Å²) in [7, 11) is 1.32. The quantitative estimate of drug-likeness (QED) is 0.581. The smallest absolute Gasteiger partial charge is 0.337 e. The number of amides is 1. The summed E-state index contributed by atoms with van der Waals surface area (Å²) in [5, 5.41) is 6.09. The number of methoxy groups -OCH3 is 1. The van der Waals surface area contributed by atoms with Crippen LogP contribution >= 0.6 is 0 Å². The van der Waals surface area contributed by atoms with Crippen molar-refractivity contribution in [3.8, 4) is 0 Å². The van der Waals surface area contributed by atoms with E-state index in [1.54, 1.807) is 36.4 Å². The average Bonchev–Trinajstić information content (AvgIpc) is 2.74. The monoisotopic (exact) mass is 389 g/mol. The van der Waals surface area contributed by atoms with Crippen LogP contribution in [-0.4, -0.2) is 24.0 Å². The highest BCUT2D eigenvalue weighted by atomic mass is 16.5. The van der Waals surface area contributed by atoms with Gasteiger partial charge >= 0.3 is 5.97 Å². The molecule has 1 heterocycles. The van der Waals surface area contributed by atoms with E-state index in [2.05, 4.69) is 40.3 Å². The number of nitrogens with one attached hydrogen (secondary N) is 2. The molecule has 0 atom stereocenters. The number of hydrogen-bond donors (Lipinski definition) is 2. The van der Waals surface area contributed by atoms with Gasteiger partial charge in [0.2, 0.25) is 0 Å². The molecule has 3 aromatic rings. The summed E-state index contributed by atoms with van der Waals surface area (Å²) in [4.78, 5) is 28.3. The van der Waals surface area contributed by atoms with E-state index >= 15 is 0 Å². The zero-order chi connectivity index (χ0) is 20.8. The third kappa shape index (κ3) is 4.99. The largest absolute Gasteiger partial charge is 0.465 e. The van der Waals surface area contributed by atoms with Crippen LogP contribution in [0, 0.1) is 0 Å². The fraction of sp³-hybridized carbons (Fsp3) is 0.174. The Morgan fingerprint density at radius 2 is 1.62 bits per heavy atom. The highest BCUT2D eigenvalue weighted by Gasteiger charge is 2.10. The van der Waals surface area contributed by atoms with Gasteiger partial charge in [0, 0.05) is 17.6 Å². The Labute approximate surface area is 169 Å². The van der Waals surface area contributed by atoms with E-state index < -0.39 is 5.97 Å². The minimum atomic E-state index is -0.422. The van der Waals surface area contributed by atoms with Crippen molar-refractivity contribution in [2.24, 2.45) is 0 Å². The van der Waals surface area contributed by atoms with Crippen LogP contribution in [0.5, 0.6) is 0 Å². The number of carbonyl (C=O) groups excluding carboxylic acids is 2. The van der Waals surface area contributed by atoms with Crippen molar-refractivity contribution in [2.45, 2.75) is 19.8 Å². The van der Waals surface area contributed by atoms with Gasteiger partial charge in [-0.1, -0.05) is 32.0 Å². The van der Waals surface area contributed by atoms with Gasteiger partial charge in [-0.3, -0.25) is 4.79 Å². The second-order valence-electron chi connectivity index (χ2n) is 6.82. The second-order valence-corrected chi connectivity index (χ2v) is 6.82. The van der Waals surface area contributed by atoms with E-state index in [0.29, 0.717) is 28.6 Å². The number of rotatable bonds is 6. The molecule has 29 heavy (non-hydrogen) atoms. The number of para-hydroxylation sites is 1. The number of hydrogen-bond acceptors (Lipinski definition) is 5. The third-order valence-electron chi connectivity index (χ3n) is 4.44. The molecule has 0 spiro atoms.